The van der Waals surface area contributed by atoms with Crippen molar-refractivity contribution in [2.24, 2.45) is 5.41 Å². The van der Waals surface area contributed by atoms with Crippen LogP contribution in [-0.4, -0.2) is 11.0 Å². The van der Waals surface area contributed by atoms with Crippen molar-refractivity contribution in [2.75, 3.05) is 0 Å². The predicted molar refractivity (Wildman–Crippen MR) is 60.5 cm³/mol. The first kappa shape index (κ1) is 10.1. The van der Waals surface area contributed by atoms with Crippen LogP contribution in [0.2, 0.25) is 0 Å². The number of rotatable bonds is 3. The highest BCUT2D eigenvalue weighted by Gasteiger charge is 2.33. The number of thiazole rings is 1. The van der Waals surface area contributed by atoms with Crippen molar-refractivity contribution in [3.63, 3.8) is 0 Å². The molecule has 0 amide bonds. The molecule has 14 heavy (non-hydrogen) atoms. The summed E-state index contributed by atoms with van der Waals surface area (Å²) in [6.07, 6.45) is 4.56. The van der Waals surface area contributed by atoms with Crippen molar-refractivity contribution in [1.82, 2.24) is 10.3 Å². The molecule has 1 aliphatic carbocycles. The lowest BCUT2D eigenvalue weighted by molar-refractivity contribution is 0.270. The van der Waals surface area contributed by atoms with Crippen LogP contribution >= 0.6 is 11.3 Å². The molecule has 1 unspecified atom stereocenters. The van der Waals surface area contributed by atoms with E-state index in [-0.39, 0.29) is 5.41 Å². The smallest absolute Gasteiger partial charge is 0.110 e. The molecule has 0 spiro atoms. The van der Waals surface area contributed by atoms with E-state index in [0.717, 1.165) is 6.04 Å². The van der Waals surface area contributed by atoms with Gasteiger partial charge in [-0.1, -0.05) is 20.8 Å². The number of hydrogen-bond donors (Lipinski definition) is 1. The molecule has 1 aromatic heterocycles. The summed E-state index contributed by atoms with van der Waals surface area (Å²) in [4.78, 5) is 4.42. The second-order valence-corrected chi connectivity index (χ2v) is 6.04. The molecule has 0 saturated heterocycles. The summed E-state index contributed by atoms with van der Waals surface area (Å²) in [5.41, 5.74) is 0.250. The van der Waals surface area contributed by atoms with Crippen LogP contribution in [-0.2, 0) is 0 Å². The second kappa shape index (κ2) is 3.63. The summed E-state index contributed by atoms with van der Waals surface area (Å²) in [7, 11) is 0. The molecule has 1 fully saturated rings. The van der Waals surface area contributed by atoms with E-state index in [0.29, 0.717) is 6.04 Å². The predicted octanol–water partition coefficient (Wildman–Crippen LogP) is 2.98. The van der Waals surface area contributed by atoms with Crippen molar-refractivity contribution in [3.05, 3.63) is 16.6 Å². The Morgan fingerprint density at radius 2 is 2.21 bits per heavy atom. The monoisotopic (exact) mass is 210 g/mol. The highest BCUT2D eigenvalue weighted by Crippen LogP contribution is 2.36. The average molecular weight is 210 g/mol. The van der Waals surface area contributed by atoms with E-state index < -0.39 is 0 Å². The Labute approximate surface area is 89.8 Å². The normalized spacial score (nSPS) is 19.6. The van der Waals surface area contributed by atoms with Crippen LogP contribution in [0.4, 0.5) is 0 Å². The van der Waals surface area contributed by atoms with Gasteiger partial charge in [-0.25, -0.2) is 4.98 Å². The van der Waals surface area contributed by atoms with E-state index in [1.165, 1.54) is 17.8 Å². The lowest BCUT2D eigenvalue weighted by atomic mass is 9.87. The van der Waals surface area contributed by atoms with E-state index >= 15 is 0 Å². The first-order valence-electron chi connectivity index (χ1n) is 5.23. The zero-order chi connectivity index (χ0) is 10.2. The first-order valence-corrected chi connectivity index (χ1v) is 6.11. The molecule has 1 aliphatic rings. The van der Waals surface area contributed by atoms with E-state index in [1.807, 2.05) is 6.20 Å². The maximum absolute atomic E-state index is 4.42. The highest BCUT2D eigenvalue weighted by molar-refractivity contribution is 7.09. The Morgan fingerprint density at radius 1 is 1.50 bits per heavy atom. The summed E-state index contributed by atoms with van der Waals surface area (Å²) in [5.74, 6) is 0. The molecule has 2 nitrogen and oxygen atoms in total. The second-order valence-electron chi connectivity index (χ2n) is 5.11. The average Bonchev–Trinajstić information content (AvgIpc) is 2.74. The first-order chi connectivity index (χ1) is 6.57. The Kier molecular flexibility index (Phi) is 2.62. The maximum Gasteiger partial charge on any atom is 0.110 e. The maximum atomic E-state index is 4.42. The molecule has 1 atom stereocenters. The molecule has 0 radical (unpaired) electrons. The van der Waals surface area contributed by atoms with Gasteiger partial charge in [-0.2, -0.15) is 0 Å². The molecule has 1 heterocycles. The standard InChI is InChI=1S/C11H18N2S/c1-11(2,3)9(13-8-4-5-8)10-12-6-7-14-10/h6-9,13H,4-5H2,1-3H3. The van der Waals surface area contributed by atoms with Crippen LogP contribution in [0, 0.1) is 5.41 Å². The molecule has 2 rings (SSSR count). The van der Waals surface area contributed by atoms with Crippen molar-refractivity contribution in [2.45, 2.75) is 45.7 Å². The minimum atomic E-state index is 0.250. The van der Waals surface area contributed by atoms with Crippen LogP contribution in [0.25, 0.3) is 0 Å². The minimum Gasteiger partial charge on any atom is -0.305 e. The SMILES string of the molecule is CC(C)(C)C(NC1CC1)c1nccs1. The lowest BCUT2D eigenvalue weighted by Gasteiger charge is -2.30. The van der Waals surface area contributed by atoms with Crippen LogP contribution in [0.3, 0.4) is 0 Å². The summed E-state index contributed by atoms with van der Waals surface area (Å²) >= 11 is 1.75. The largest absolute Gasteiger partial charge is 0.305 e. The van der Waals surface area contributed by atoms with Crippen LogP contribution < -0.4 is 5.32 Å². The zero-order valence-electron chi connectivity index (χ0n) is 9.08. The fraction of sp³-hybridized carbons (Fsp3) is 0.727. The molecule has 78 valence electrons. The van der Waals surface area contributed by atoms with Gasteiger partial charge in [0.2, 0.25) is 0 Å². The van der Waals surface area contributed by atoms with E-state index in [9.17, 15) is 0 Å². The molecule has 1 saturated carbocycles. The molecular formula is C11H18N2S. The van der Waals surface area contributed by atoms with Crippen molar-refractivity contribution >= 4 is 11.3 Å². The van der Waals surface area contributed by atoms with Gasteiger partial charge in [0, 0.05) is 17.6 Å². The third-order valence-electron chi connectivity index (χ3n) is 2.54. The summed E-state index contributed by atoms with van der Waals surface area (Å²) in [5, 5.41) is 6.97. The van der Waals surface area contributed by atoms with Gasteiger partial charge in [0.05, 0.1) is 6.04 Å². The van der Waals surface area contributed by atoms with E-state index in [2.05, 4.69) is 36.5 Å². The highest BCUT2D eigenvalue weighted by atomic mass is 32.1. The molecular weight excluding hydrogens is 192 g/mol. The van der Waals surface area contributed by atoms with Gasteiger partial charge in [-0.3, -0.25) is 0 Å². The van der Waals surface area contributed by atoms with Gasteiger partial charge >= 0.3 is 0 Å². The van der Waals surface area contributed by atoms with Crippen molar-refractivity contribution in [1.29, 1.82) is 0 Å². The van der Waals surface area contributed by atoms with E-state index in [4.69, 9.17) is 0 Å². The van der Waals surface area contributed by atoms with Gasteiger partial charge in [0.1, 0.15) is 5.01 Å². The molecule has 1 aromatic rings. The summed E-state index contributed by atoms with van der Waals surface area (Å²) in [6, 6.07) is 1.15. The molecule has 0 aromatic carbocycles. The summed E-state index contributed by atoms with van der Waals surface area (Å²) < 4.78 is 0. The van der Waals surface area contributed by atoms with Crippen LogP contribution in [0.5, 0.6) is 0 Å². The Bertz CT molecular complexity index is 283. The lowest BCUT2D eigenvalue weighted by Crippen LogP contribution is -2.33. The van der Waals surface area contributed by atoms with Gasteiger partial charge in [-0.05, 0) is 18.3 Å². The zero-order valence-corrected chi connectivity index (χ0v) is 9.90. The van der Waals surface area contributed by atoms with E-state index in [1.54, 1.807) is 11.3 Å². The number of nitrogens with zero attached hydrogens (tertiary/aromatic N) is 1. The Hall–Kier alpha value is -0.410. The van der Waals surface area contributed by atoms with Gasteiger partial charge in [0.15, 0.2) is 0 Å². The third kappa shape index (κ3) is 2.34. The Morgan fingerprint density at radius 3 is 2.64 bits per heavy atom. The van der Waals surface area contributed by atoms with Crippen LogP contribution in [0.15, 0.2) is 11.6 Å². The fourth-order valence-electron chi connectivity index (χ4n) is 1.55. The number of aromatic nitrogens is 1. The van der Waals surface area contributed by atoms with Crippen molar-refractivity contribution < 1.29 is 0 Å². The van der Waals surface area contributed by atoms with Gasteiger partial charge in [-0.15, -0.1) is 11.3 Å². The molecule has 1 N–H and O–H groups in total. The number of nitrogens with one attached hydrogen (secondary N) is 1. The van der Waals surface area contributed by atoms with Crippen molar-refractivity contribution in [3.8, 4) is 0 Å². The molecule has 0 bridgehead atoms. The quantitative estimate of drug-likeness (QED) is 0.829. The molecule has 0 aliphatic heterocycles. The number of hydrogen-bond acceptors (Lipinski definition) is 3. The minimum absolute atomic E-state index is 0.250. The fourth-order valence-corrected chi connectivity index (χ4v) is 2.49. The topological polar surface area (TPSA) is 24.9 Å². The van der Waals surface area contributed by atoms with Gasteiger partial charge < -0.3 is 5.32 Å². The van der Waals surface area contributed by atoms with Crippen LogP contribution in [0.1, 0.15) is 44.7 Å². The van der Waals surface area contributed by atoms with Gasteiger partial charge in [0.25, 0.3) is 0 Å². The molecule has 3 heteroatoms. The third-order valence-corrected chi connectivity index (χ3v) is 3.38. The Balaban J connectivity index is 2.13. The summed E-state index contributed by atoms with van der Waals surface area (Å²) in [6.45, 7) is 6.82.